The molecule has 1 aliphatic rings. The zero-order valence-electron chi connectivity index (χ0n) is 19.5. The summed E-state index contributed by atoms with van der Waals surface area (Å²) in [5.74, 6) is -3.36. The summed E-state index contributed by atoms with van der Waals surface area (Å²) in [6.45, 7) is 4.08. The van der Waals surface area contributed by atoms with Gasteiger partial charge in [0.15, 0.2) is 0 Å². The largest absolute Gasteiger partial charge is 0.468 e. The summed E-state index contributed by atoms with van der Waals surface area (Å²) < 4.78 is 20.6. The van der Waals surface area contributed by atoms with Gasteiger partial charge in [0.2, 0.25) is 0 Å². The van der Waals surface area contributed by atoms with Crippen molar-refractivity contribution in [3.8, 4) is 0 Å². The summed E-state index contributed by atoms with van der Waals surface area (Å²) in [5.41, 5.74) is 1.36. The molecule has 0 bridgehead atoms. The van der Waals surface area contributed by atoms with Crippen LogP contribution >= 0.6 is 23.2 Å². The lowest BCUT2D eigenvalue weighted by Crippen LogP contribution is -2.37. The van der Waals surface area contributed by atoms with Gasteiger partial charge in [-0.1, -0.05) is 35.3 Å². The van der Waals surface area contributed by atoms with E-state index >= 15 is 0 Å². The fourth-order valence-corrected chi connectivity index (χ4v) is 4.02. The van der Waals surface area contributed by atoms with Gasteiger partial charge in [0.05, 0.1) is 61.9 Å². The van der Waals surface area contributed by atoms with Gasteiger partial charge < -0.3 is 24.3 Å². The Hall–Kier alpha value is -2.46. The number of benzene rings is 1. The van der Waals surface area contributed by atoms with Crippen LogP contribution in [0.3, 0.4) is 0 Å². The van der Waals surface area contributed by atoms with Crippen LogP contribution in [0.5, 0.6) is 0 Å². The number of hydrogen-bond acceptors (Lipinski definition) is 9. The first kappa shape index (κ1) is 27.8. The predicted molar refractivity (Wildman–Crippen MR) is 127 cm³/mol. The molecule has 0 spiro atoms. The summed E-state index contributed by atoms with van der Waals surface area (Å²) in [4.78, 5) is 41.6. The van der Waals surface area contributed by atoms with Crippen LogP contribution in [0.4, 0.5) is 0 Å². The third-order valence-corrected chi connectivity index (χ3v) is 5.98. The summed E-state index contributed by atoms with van der Waals surface area (Å²) in [6.07, 6.45) is 0. The Balaban J connectivity index is 2.44. The van der Waals surface area contributed by atoms with Gasteiger partial charge in [-0.05, 0) is 25.5 Å². The third kappa shape index (κ3) is 6.79. The molecule has 0 saturated heterocycles. The first-order valence-electron chi connectivity index (χ1n) is 10.6. The topological polar surface area (TPSA) is 113 Å². The summed E-state index contributed by atoms with van der Waals surface area (Å²) in [5, 5.41) is 3.37. The van der Waals surface area contributed by atoms with Gasteiger partial charge >= 0.3 is 17.9 Å². The normalized spacial score (nSPS) is 17.8. The van der Waals surface area contributed by atoms with E-state index < -0.39 is 29.7 Å². The van der Waals surface area contributed by atoms with E-state index in [9.17, 15) is 14.4 Å². The second kappa shape index (κ2) is 13.4. The van der Waals surface area contributed by atoms with Crippen molar-refractivity contribution in [1.82, 2.24) is 5.32 Å². The fourth-order valence-electron chi connectivity index (χ4n) is 3.60. The van der Waals surface area contributed by atoms with Gasteiger partial charge in [0.1, 0.15) is 5.92 Å². The Morgan fingerprint density at radius 1 is 1.15 bits per heavy atom. The van der Waals surface area contributed by atoms with Crippen LogP contribution < -0.4 is 5.32 Å². The number of halogens is 2. The zero-order valence-corrected chi connectivity index (χ0v) is 21.0. The summed E-state index contributed by atoms with van der Waals surface area (Å²) in [7, 11) is 2.57. The first-order chi connectivity index (χ1) is 16.3. The van der Waals surface area contributed by atoms with Crippen molar-refractivity contribution in [1.29, 1.82) is 0 Å². The number of nitrogens with one attached hydrogen (secondary N) is 1. The van der Waals surface area contributed by atoms with Gasteiger partial charge in [-0.2, -0.15) is 0 Å². The number of aliphatic imine (C=N–C) groups is 1. The first-order valence-corrected chi connectivity index (χ1v) is 11.3. The molecule has 0 aromatic heterocycles. The van der Waals surface area contributed by atoms with Crippen LogP contribution in [0.15, 0.2) is 34.5 Å². The Labute approximate surface area is 208 Å². The highest BCUT2D eigenvalue weighted by atomic mass is 35.5. The molecule has 11 heteroatoms. The Morgan fingerprint density at radius 2 is 1.88 bits per heavy atom. The van der Waals surface area contributed by atoms with Crippen LogP contribution in [-0.4, -0.2) is 70.7 Å². The molecule has 2 rings (SSSR count). The van der Waals surface area contributed by atoms with Crippen molar-refractivity contribution in [3.63, 3.8) is 0 Å². The molecule has 1 aromatic rings. The van der Waals surface area contributed by atoms with Crippen LogP contribution in [0, 0.1) is 5.92 Å². The molecule has 0 fully saturated rings. The number of esters is 3. The monoisotopic (exact) mass is 514 g/mol. The average molecular weight is 515 g/mol. The minimum Gasteiger partial charge on any atom is -0.468 e. The number of methoxy groups -OCH3 is 2. The molecule has 1 aliphatic heterocycles. The zero-order chi connectivity index (χ0) is 25.3. The van der Waals surface area contributed by atoms with E-state index in [0.29, 0.717) is 23.5 Å². The van der Waals surface area contributed by atoms with Crippen LogP contribution in [-0.2, 0) is 33.3 Å². The van der Waals surface area contributed by atoms with Crippen molar-refractivity contribution < 1.29 is 33.3 Å². The van der Waals surface area contributed by atoms with E-state index in [1.807, 2.05) is 0 Å². The van der Waals surface area contributed by atoms with E-state index in [1.165, 1.54) is 14.2 Å². The Kier molecular flexibility index (Phi) is 11.0. The molecule has 1 N–H and O–H groups in total. The maximum Gasteiger partial charge on any atom is 0.336 e. The van der Waals surface area contributed by atoms with E-state index in [1.54, 1.807) is 32.0 Å². The molecule has 0 amide bonds. The van der Waals surface area contributed by atoms with Crippen LogP contribution in [0.25, 0.3) is 0 Å². The van der Waals surface area contributed by atoms with Gasteiger partial charge in [-0.3, -0.25) is 14.6 Å². The fraction of sp³-hybridized carbons (Fsp3) is 0.478. The van der Waals surface area contributed by atoms with Gasteiger partial charge in [-0.15, -0.1) is 0 Å². The average Bonchev–Trinajstić information content (AvgIpc) is 2.82. The minimum atomic E-state index is -0.911. The summed E-state index contributed by atoms with van der Waals surface area (Å²) >= 11 is 12.8. The molecule has 0 aliphatic carbocycles. The molecular formula is C23H28Cl2N2O7. The van der Waals surface area contributed by atoms with Crippen LogP contribution in [0.2, 0.25) is 10.0 Å². The molecule has 1 heterocycles. The molecule has 2 atom stereocenters. The van der Waals surface area contributed by atoms with E-state index in [-0.39, 0.29) is 42.0 Å². The molecule has 0 saturated carbocycles. The smallest absolute Gasteiger partial charge is 0.336 e. The van der Waals surface area contributed by atoms with Crippen molar-refractivity contribution in [2.75, 3.05) is 47.1 Å². The molecule has 186 valence electrons. The van der Waals surface area contributed by atoms with Crippen molar-refractivity contribution in [3.05, 3.63) is 45.1 Å². The van der Waals surface area contributed by atoms with Crippen molar-refractivity contribution >= 4 is 46.8 Å². The number of carbonyl (C=O) groups excluding carboxylic acids is 3. The van der Waals surface area contributed by atoms with E-state index in [2.05, 4.69) is 15.0 Å². The van der Waals surface area contributed by atoms with Gasteiger partial charge in [-0.25, -0.2) is 4.79 Å². The standard InChI is InChI=1S/C23H28Cl2N2O7/c1-5-34-23(30)20-16(12-33-10-9-26-11-17(28)31-3)27-13(2)18(22(29)32-4)19(20)14-7-6-8-15(24)21(14)25/h6-8,18-19,26H,5,9-12H2,1-4H3. The molecule has 1 aromatic carbocycles. The van der Waals surface area contributed by atoms with Crippen LogP contribution in [0.1, 0.15) is 25.3 Å². The predicted octanol–water partition coefficient (Wildman–Crippen LogP) is 2.94. The lowest BCUT2D eigenvalue weighted by Gasteiger charge is -2.32. The Bertz CT molecular complexity index is 978. The van der Waals surface area contributed by atoms with Crippen molar-refractivity contribution in [2.24, 2.45) is 10.9 Å². The van der Waals surface area contributed by atoms with Crippen molar-refractivity contribution in [2.45, 2.75) is 19.8 Å². The molecule has 34 heavy (non-hydrogen) atoms. The minimum absolute atomic E-state index is 0.0338. The van der Waals surface area contributed by atoms with Gasteiger partial charge in [0, 0.05) is 18.2 Å². The SMILES string of the molecule is CCOC(=O)C1=C(COCCNCC(=O)OC)N=C(C)C(C(=O)OC)C1c1cccc(Cl)c1Cl. The lowest BCUT2D eigenvalue weighted by atomic mass is 9.75. The lowest BCUT2D eigenvalue weighted by molar-refractivity contribution is -0.144. The molecule has 9 nitrogen and oxygen atoms in total. The number of nitrogens with zero attached hydrogens (tertiary/aromatic N) is 1. The second-order valence-electron chi connectivity index (χ2n) is 7.26. The highest BCUT2D eigenvalue weighted by Crippen LogP contribution is 2.44. The summed E-state index contributed by atoms with van der Waals surface area (Å²) in [6, 6.07) is 5.00. The maximum atomic E-state index is 13.1. The number of ether oxygens (including phenoxy) is 4. The van der Waals surface area contributed by atoms with E-state index in [4.69, 9.17) is 37.4 Å². The maximum absolute atomic E-state index is 13.1. The number of hydrogen-bond donors (Lipinski definition) is 1. The number of rotatable bonds is 11. The highest BCUT2D eigenvalue weighted by Gasteiger charge is 2.44. The quantitative estimate of drug-likeness (QED) is 0.272. The molecular weight excluding hydrogens is 487 g/mol. The Morgan fingerprint density at radius 3 is 2.53 bits per heavy atom. The third-order valence-electron chi connectivity index (χ3n) is 5.14. The van der Waals surface area contributed by atoms with Gasteiger partial charge in [0.25, 0.3) is 0 Å². The highest BCUT2D eigenvalue weighted by molar-refractivity contribution is 6.42. The molecule has 0 radical (unpaired) electrons. The second-order valence-corrected chi connectivity index (χ2v) is 8.05. The number of carbonyl (C=O) groups is 3. The molecule has 2 unspecified atom stereocenters. The van der Waals surface area contributed by atoms with E-state index in [0.717, 1.165) is 0 Å².